The molecule has 0 N–H and O–H groups in total. The lowest BCUT2D eigenvalue weighted by Gasteiger charge is -2.36. The lowest BCUT2D eigenvalue weighted by Crippen LogP contribution is -2.50. The maximum Gasteiger partial charge on any atom is 0.236 e. The van der Waals surface area contributed by atoms with Crippen LogP contribution in [-0.2, 0) is 4.79 Å². The van der Waals surface area contributed by atoms with Crippen LogP contribution in [0.2, 0.25) is 0 Å². The number of anilines is 1. The number of nitrogens with zero attached hydrogens (tertiary/aromatic N) is 6. The Morgan fingerprint density at radius 1 is 1.04 bits per heavy atom. The maximum absolute atomic E-state index is 12.4. The Kier molecular flexibility index (Phi) is 5.11. The van der Waals surface area contributed by atoms with E-state index in [-0.39, 0.29) is 5.91 Å². The van der Waals surface area contributed by atoms with Crippen molar-refractivity contribution in [1.82, 2.24) is 24.6 Å². The molecule has 4 heterocycles. The minimum atomic E-state index is 0.288. The van der Waals surface area contributed by atoms with E-state index >= 15 is 0 Å². The average Bonchev–Trinajstić information content (AvgIpc) is 3.32. The number of amides is 1. The summed E-state index contributed by atoms with van der Waals surface area (Å²) in [5, 5.41) is 4.71. The first kappa shape index (κ1) is 18.0. The third-order valence-corrected chi connectivity index (χ3v) is 5.63. The predicted octanol–water partition coefficient (Wildman–Crippen LogP) is 1.63. The number of aryl methyl sites for hydroxylation is 1. The number of rotatable bonds is 4. The molecule has 7 heteroatoms. The Bertz CT molecular complexity index is 788. The summed E-state index contributed by atoms with van der Waals surface area (Å²) in [6, 6.07) is 5.87. The Morgan fingerprint density at radius 3 is 2.44 bits per heavy atom. The molecule has 0 spiro atoms. The molecule has 2 aliphatic rings. The van der Waals surface area contributed by atoms with Crippen LogP contribution in [0.25, 0.3) is 5.82 Å². The minimum absolute atomic E-state index is 0.288. The molecule has 0 bridgehead atoms. The molecule has 27 heavy (non-hydrogen) atoms. The van der Waals surface area contributed by atoms with Gasteiger partial charge in [-0.05, 0) is 38.8 Å². The molecule has 2 aliphatic heterocycles. The fourth-order valence-electron chi connectivity index (χ4n) is 4.18. The molecule has 0 aromatic carbocycles. The molecule has 2 fully saturated rings. The second kappa shape index (κ2) is 7.68. The van der Waals surface area contributed by atoms with E-state index in [2.05, 4.69) is 28.6 Å². The number of carbonyl (C=O) groups is 1. The highest BCUT2D eigenvalue weighted by Gasteiger charge is 2.26. The average molecular weight is 368 g/mol. The molecule has 144 valence electrons. The highest BCUT2D eigenvalue weighted by Crippen LogP contribution is 2.27. The molecular weight excluding hydrogens is 340 g/mol. The molecule has 0 unspecified atom stereocenters. The van der Waals surface area contributed by atoms with Crippen LogP contribution >= 0.6 is 0 Å². The summed E-state index contributed by atoms with van der Waals surface area (Å²) in [4.78, 5) is 23.5. The molecule has 2 aromatic heterocycles. The Balaban J connectivity index is 1.41. The normalized spacial score (nSPS) is 18.3. The number of pyridine rings is 1. The van der Waals surface area contributed by atoms with E-state index in [1.54, 1.807) is 6.20 Å². The summed E-state index contributed by atoms with van der Waals surface area (Å²) >= 11 is 0. The molecule has 2 aromatic rings. The molecule has 0 atom stereocenters. The van der Waals surface area contributed by atoms with Gasteiger partial charge in [-0.2, -0.15) is 5.10 Å². The van der Waals surface area contributed by atoms with Gasteiger partial charge in [-0.25, -0.2) is 9.67 Å². The van der Waals surface area contributed by atoms with Crippen LogP contribution in [0.1, 0.15) is 24.2 Å². The van der Waals surface area contributed by atoms with Crippen LogP contribution in [0.15, 0.2) is 24.4 Å². The van der Waals surface area contributed by atoms with E-state index in [9.17, 15) is 4.79 Å². The van der Waals surface area contributed by atoms with Crippen molar-refractivity contribution in [2.24, 2.45) is 0 Å². The predicted molar refractivity (Wildman–Crippen MR) is 105 cm³/mol. The van der Waals surface area contributed by atoms with E-state index in [1.165, 1.54) is 5.69 Å². The SMILES string of the molecule is Cc1nn(-c2ccccn2)c(C)c1N1CCN(CC(=O)N2CCCC2)CC1. The van der Waals surface area contributed by atoms with Crippen molar-refractivity contribution in [3.8, 4) is 5.82 Å². The van der Waals surface area contributed by atoms with Gasteiger partial charge in [0.15, 0.2) is 5.82 Å². The highest BCUT2D eigenvalue weighted by molar-refractivity contribution is 5.78. The van der Waals surface area contributed by atoms with Crippen molar-refractivity contribution in [3.05, 3.63) is 35.8 Å². The maximum atomic E-state index is 12.4. The molecular formula is C20H28N6O. The van der Waals surface area contributed by atoms with Gasteiger partial charge in [0.25, 0.3) is 0 Å². The Hall–Kier alpha value is -2.41. The van der Waals surface area contributed by atoms with Gasteiger partial charge in [-0.15, -0.1) is 0 Å². The lowest BCUT2D eigenvalue weighted by molar-refractivity contribution is -0.131. The Labute approximate surface area is 160 Å². The molecule has 0 saturated carbocycles. The zero-order valence-electron chi connectivity index (χ0n) is 16.3. The monoisotopic (exact) mass is 368 g/mol. The summed E-state index contributed by atoms with van der Waals surface area (Å²) in [5.41, 5.74) is 3.35. The summed E-state index contributed by atoms with van der Waals surface area (Å²) in [6.07, 6.45) is 4.10. The summed E-state index contributed by atoms with van der Waals surface area (Å²) in [6.45, 7) is 10.2. The first-order valence-corrected chi connectivity index (χ1v) is 9.86. The summed E-state index contributed by atoms with van der Waals surface area (Å²) in [7, 11) is 0. The van der Waals surface area contributed by atoms with E-state index in [0.29, 0.717) is 6.54 Å². The molecule has 1 amide bonds. The van der Waals surface area contributed by atoms with Gasteiger partial charge in [-0.1, -0.05) is 6.07 Å². The zero-order chi connectivity index (χ0) is 18.8. The second-order valence-corrected chi connectivity index (χ2v) is 7.47. The summed E-state index contributed by atoms with van der Waals surface area (Å²) in [5.74, 6) is 1.13. The fourth-order valence-corrected chi connectivity index (χ4v) is 4.18. The van der Waals surface area contributed by atoms with E-state index in [0.717, 1.165) is 69.3 Å². The van der Waals surface area contributed by atoms with Crippen LogP contribution in [-0.4, -0.2) is 76.3 Å². The van der Waals surface area contributed by atoms with E-state index in [1.807, 2.05) is 27.8 Å². The van der Waals surface area contributed by atoms with Crippen LogP contribution in [0.5, 0.6) is 0 Å². The van der Waals surface area contributed by atoms with Crippen LogP contribution in [0, 0.1) is 13.8 Å². The van der Waals surface area contributed by atoms with Crippen molar-refractivity contribution in [2.45, 2.75) is 26.7 Å². The quantitative estimate of drug-likeness (QED) is 0.821. The molecule has 0 radical (unpaired) electrons. The topological polar surface area (TPSA) is 57.5 Å². The number of hydrogen-bond acceptors (Lipinski definition) is 5. The van der Waals surface area contributed by atoms with Gasteiger partial charge in [0.05, 0.1) is 23.6 Å². The van der Waals surface area contributed by atoms with Crippen molar-refractivity contribution in [2.75, 3.05) is 50.7 Å². The lowest BCUT2D eigenvalue weighted by atomic mass is 10.2. The van der Waals surface area contributed by atoms with E-state index < -0.39 is 0 Å². The van der Waals surface area contributed by atoms with Crippen molar-refractivity contribution in [1.29, 1.82) is 0 Å². The highest BCUT2D eigenvalue weighted by atomic mass is 16.2. The molecule has 2 saturated heterocycles. The molecule has 7 nitrogen and oxygen atoms in total. The van der Waals surface area contributed by atoms with Crippen LogP contribution < -0.4 is 4.90 Å². The number of piperazine rings is 1. The minimum Gasteiger partial charge on any atom is -0.366 e. The van der Waals surface area contributed by atoms with Gasteiger partial charge in [-0.3, -0.25) is 9.69 Å². The number of aromatic nitrogens is 3. The fraction of sp³-hybridized carbons (Fsp3) is 0.550. The van der Waals surface area contributed by atoms with Crippen LogP contribution in [0.3, 0.4) is 0 Å². The van der Waals surface area contributed by atoms with Gasteiger partial charge < -0.3 is 9.80 Å². The molecule has 0 aliphatic carbocycles. The van der Waals surface area contributed by atoms with E-state index in [4.69, 9.17) is 5.10 Å². The van der Waals surface area contributed by atoms with Gasteiger partial charge in [0.1, 0.15) is 0 Å². The second-order valence-electron chi connectivity index (χ2n) is 7.47. The molecule has 4 rings (SSSR count). The number of likely N-dealkylation sites (tertiary alicyclic amines) is 1. The number of carbonyl (C=O) groups excluding carboxylic acids is 1. The summed E-state index contributed by atoms with van der Waals surface area (Å²) < 4.78 is 1.92. The zero-order valence-corrected chi connectivity index (χ0v) is 16.3. The standard InChI is InChI=1S/C20H28N6O/c1-16-20(17(2)26(22-16)18-7-3-4-8-21-18)25-13-11-23(12-14-25)15-19(27)24-9-5-6-10-24/h3-4,7-8H,5-6,9-15H2,1-2H3. The third kappa shape index (κ3) is 3.69. The van der Waals surface area contributed by atoms with Crippen molar-refractivity contribution in [3.63, 3.8) is 0 Å². The van der Waals surface area contributed by atoms with Gasteiger partial charge >= 0.3 is 0 Å². The van der Waals surface area contributed by atoms with Gasteiger partial charge in [0.2, 0.25) is 5.91 Å². The smallest absolute Gasteiger partial charge is 0.236 e. The van der Waals surface area contributed by atoms with Gasteiger partial charge in [0, 0.05) is 45.5 Å². The van der Waals surface area contributed by atoms with Crippen molar-refractivity contribution < 1.29 is 4.79 Å². The third-order valence-electron chi connectivity index (χ3n) is 5.63. The Morgan fingerprint density at radius 2 is 1.78 bits per heavy atom. The van der Waals surface area contributed by atoms with Crippen molar-refractivity contribution >= 4 is 11.6 Å². The first-order chi connectivity index (χ1) is 13.1. The van der Waals surface area contributed by atoms with Crippen LogP contribution in [0.4, 0.5) is 5.69 Å². The number of hydrogen-bond donors (Lipinski definition) is 0. The largest absolute Gasteiger partial charge is 0.366 e. The first-order valence-electron chi connectivity index (χ1n) is 9.86.